The highest BCUT2D eigenvalue weighted by Gasteiger charge is 2.04. The maximum Gasteiger partial charge on any atom is 0.305 e. The van der Waals surface area contributed by atoms with Gasteiger partial charge in [0.1, 0.15) is 0 Å². The lowest BCUT2D eigenvalue weighted by molar-refractivity contribution is 0.615. The van der Waals surface area contributed by atoms with Gasteiger partial charge in [0.2, 0.25) is 0 Å². The van der Waals surface area contributed by atoms with Crippen LogP contribution in [0, 0.1) is 6.92 Å². The van der Waals surface area contributed by atoms with Crippen molar-refractivity contribution in [3.8, 4) is 0 Å². The van der Waals surface area contributed by atoms with Crippen molar-refractivity contribution < 1.29 is 5.02 Å². The molecule has 1 heterocycles. The van der Waals surface area contributed by atoms with E-state index < -0.39 is 0 Å². The molecule has 0 atom stereocenters. The topological polar surface area (TPSA) is 33.1 Å². The molecule has 0 fully saturated rings. The van der Waals surface area contributed by atoms with Crippen molar-refractivity contribution in [3.05, 3.63) is 36.0 Å². The molecule has 0 spiro atoms. The summed E-state index contributed by atoms with van der Waals surface area (Å²) in [4.78, 5) is 4.22. The fourth-order valence-corrected chi connectivity index (χ4v) is 1.53. The number of rotatable bonds is 1. The molecule has 64 valence electrons. The number of fused-ring (bicyclic) bond motifs is 1. The zero-order valence-corrected chi connectivity index (χ0v) is 7.49. The van der Waals surface area contributed by atoms with Crippen LogP contribution in [0.2, 0.25) is 0 Å². The van der Waals surface area contributed by atoms with Gasteiger partial charge in [0.05, 0.1) is 5.52 Å². The van der Waals surface area contributed by atoms with Crippen molar-refractivity contribution in [1.29, 1.82) is 0 Å². The Morgan fingerprint density at radius 3 is 2.92 bits per heavy atom. The monoisotopic (exact) mass is 171 g/mol. The number of pyridine rings is 1. The maximum absolute atomic E-state index is 9.19. The van der Waals surface area contributed by atoms with Gasteiger partial charge in [-0.25, -0.2) is 0 Å². The molecule has 1 N–H and O–H groups in total. The molecule has 2 nitrogen and oxygen atoms in total. The number of nitrogens with zero attached hydrogens (tertiary/aromatic N) is 1. The van der Waals surface area contributed by atoms with Crippen molar-refractivity contribution >= 4 is 23.8 Å². The standard InChI is InChI=1S/C10H10BNO/c1-7-4-5-9-8(10(7)11-13)3-2-6-12-9/h2-6,11,13H,1H3. The Bertz CT molecular complexity index is 442. The van der Waals surface area contributed by atoms with Crippen LogP contribution in [0.4, 0.5) is 0 Å². The summed E-state index contributed by atoms with van der Waals surface area (Å²) in [6.07, 6.45) is 1.76. The van der Waals surface area contributed by atoms with E-state index in [1.54, 1.807) is 6.20 Å². The minimum atomic E-state index is 0.0782. The Morgan fingerprint density at radius 1 is 1.31 bits per heavy atom. The average Bonchev–Trinajstić information content (AvgIpc) is 2.18. The van der Waals surface area contributed by atoms with Gasteiger partial charge in [-0.3, -0.25) is 4.98 Å². The Labute approximate surface area is 77.5 Å². The summed E-state index contributed by atoms with van der Waals surface area (Å²) >= 11 is 0. The molecule has 0 unspecified atom stereocenters. The summed E-state index contributed by atoms with van der Waals surface area (Å²) in [5.74, 6) is 0. The molecule has 13 heavy (non-hydrogen) atoms. The van der Waals surface area contributed by atoms with E-state index in [0.717, 1.165) is 21.9 Å². The van der Waals surface area contributed by atoms with Gasteiger partial charge in [-0.05, 0) is 29.9 Å². The van der Waals surface area contributed by atoms with E-state index >= 15 is 0 Å². The Kier molecular flexibility index (Phi) is 2.03. The lowest BCUT2D eigenvalue weighted by atomic mass is 9.82. The third-order valence-electron chi connectivity index (χ3n) is 2.29. The van der Waals surface area contributed by atoms with Gasteiger partial charge in [-0.2, -0.15) is 0 Å². The Hall–Kier alpha value is -1.35. The number of hydrogen-bond acceptors (Lipinski definition) is 2. The highest BCUT2D eigenvalue weighted by molar-refractivity contribution is 6.50. The van der Waals surface area contributed by atoms with Crippen LogP contribution in [0.5, 0.6) is 0 Å². The molecule has 0 saturated heterocycles. The van der Waals surface area contributed by atoms with E-state index in [-0.39, 0.29) is 7.48 Å². The molecular formula is C10H10BNO. The van der Waals surface area contributed by atoms with Gasteiger partial charge >= 0.3 is 7.48 Å². The summed E-state index contributed by atoms with van der Waals surface area (Å²) in [5, 5.41) is 10.2. The molecule has 2 rings (SSSR count). The fourth-order valence-electron chi connectivity index (χ4n) is 1.53. The quantitative estimate of drug-likeness (QED) is 0.634. The first-order chi connectivity index (χ1) is 6.33. The second kappa shape index (κ2) is 3.19. The van der Waals surface area contributed by atoms with E-state index in [0.29, 0.717) is 0 Å². The van der Waals surface area contributed by atoms with Crippen molar-refractivity contribution in [2.75, 3.05) is 0 Å². The lowest BCUT2D eigenvalue weighted by Gasteiger charge is -2.05. The zero-order valence-electron chi connectivity index (χ0n) is 7.49. The van der Waals surface area contributed by atoms with Crippen molar-refractivity contribution in [2.45, 2.75) is 6.92 Å². The van der Waals surface area contributed by atoms with Gasteiger partial charge in [0, 0.05) is 6.20 Å². The largest absolute Gasteiger partial charge is 0.449 e. The van der Waals surface area contributed by atoms with E-state index in [1.807, 2.05) is 31.2 Å². The Morgan fingerprint density at radius 2 is 2.15 bits per heavy atom. The first-order valence-electron chi connectivity index (χ1n) is 4.27. The SMILES string of the molecule is Cc1ccc2ncccc2c1BO. The molecular weight excluding hydrogens is 161 g/mol. The van der Waals surface area contributed by atoms with Gasteiger partial charge < -0.3 is 5.02 Å². The minimum Gasteiger partial charge on any atom is -0.449 e. The first-order valence-corrected chi connectivity index (χ1v) is 4.27. The van der Waals surface area contributed by atoms with Crippen LogP contribution < -0.4 is 5.46 Å². The summed E-state index contributed by atoms with van der Waals surface area (Å²) in [6.45, 7) is 2.00. The number of aromatic nitrogens is 1. The van der Waals surface area contributed by atoms with Gasteiger partial charge in [0.25, 0.3) is 0 Å². The average molecular weight is 171 g/mol. The summed E-state index contributed by atoms with van der Waals surface area (Å²) in [6, 6.07) is 7.84. The van der Waals surface area contributed by atoms with E-state index in [1.165, 1.54) is 0 Å². The first kappa shape index (κ1) is 8.26. The summed E-state index contributed by atoms with van der Waals surface area (Å²) in [5.41, 5.74) is 3.03. The third-order valence-corrected chi connectivity index (χ3v) is 2.29. The molecule has 0 amide bonds. The predicted molar refractivity (Wildman–Crippen MR) is 55.5 cm³/mol. The van der Waals surface area contributed by atoms with Crippen LogP contribution in [0.25, 0.3) is 10.9 Å². The van der Waals surface area contributed by atoms with Crippen LogP contribution in [-0.4, -0.2) is 17.5 Å². The molecule has 0 saturated carbocycles. The molecule has 0 aliphatic rings. The molecule has 2 aromatic rings. The predicted octanol–water partition coefficient (Wildman–Crippen LogP) is 0.512. The second-order valence-corrected chi connectivity index (χ2v) is 3.09. The van der Waals surface area contributed by atoms with Gasteiger partial charge in [0.15, 0.2) is 0 Å². The van der Waals surface area contributed by atoms with Crippen LogP contribution in [0.15, 0.2) is 30.5 Å². The highest BCUT2D eigenvalue weighted by Crippen LogP contribution is 2.09. The van der Waals surface area contributed by atoms with Crippen LogP contribution >= 0.6 is 0 Å². The highest BCUT2D eigenvalue weighted by atomic mass is 16.2. The van der Waals surface area contributed by atoms with Crippen molar-refractivity contribution in [2.24, 2.45) is 0 Å². The molecule has 1 aromatic heterocycles. The minimum absolute atomic E-state index is 0.0782. The van der Waals surface area contributed by atoms with E-state index in [4.69, 9.17) is 0 Å². The lowest BCUT2D eigenvalue weighted by Crippen LogP contribution is -2.18. The number of hydrogen-bond donors (Lipinski definition) is 1. The summed E-state index contributed by atoms with van der Waals surface area (Å²) in [7, 11) is 0.0782. The Balaban J connectivity index is 2.84. The number of benzene rings is 1. The summed E-state index contributed by atoms with van der Waals surface area (Å²) < 4.78 is 0. The van der Waals surface area contributed by atoms with Gasteiger partial charge in [-0.1, -0.05) is 17.7 Å². The van der Waals surface area contributed by atoms with Crippen LogP contribution in [-0.2, 0) is 0 Å². The molecule has 1 aromatic carbocycles. The van der Waals surface area contributed by atoms with E-state index in [9.17, 15) is 5.02 Å². The second-order valence-electron chi connectivity index (χ2n) is 3.09. The molecule has 0 bridgehead atoms. The smallest absolute Gasteiger partial charge is 0.305 e. The molecule has 0 aliphatic carbocycles. The van der Waals surface area contributed by atoms with Crippen molar-refractivity contribution in [3.63, 3.8) is 0 Å². The number of aryl methyl sites for hydroxylation is 1. The maximum atomic E-state index is 9.19. The zero-order chi connectivity index (χ0) is 9.26. The van der Waals surface area contributed by atoms with Gasteiger partial charge in [-0.15, -0.1) is 0 Å². The molecule has 0 radical (unpaired) electrons. The van der Waals surface area contributed by atoms with E-state index in [2.05, 4.69) is 4.98 Å². The molecule has 3 heteroatoms. The normalized spacial score (nSPS) is 10.3. The molecule has 0 aliphatic heterocycles. The van der Waals surface area contributed by atoms with Crippen LogP contribution in [0.3, 0.4) is 0 Å². The third kappa shape index (κ3) is 1.31. The van der Waals surface area contributed by atoms with Crippen molar-refractivity contribution in [1.82, 2.24) is 4.98 Å². The van der Waals surface area contributed by atoms with Crippen LogP contribution in [0.1, 0.15) is 5.56 Å². The fraction of sp³-hybridized carbons (Fsp3) is 0.100.